The lowest BCUT2D eigenvalue weighted by molar-refractivity contribution is 0.417. The summed E-state index contributed by atoms with van der Waals surface area (Å²) in [5, 5.41) is 3.38. The highest BCUT2D eigenvalue weighted by Crippen LogP contribution is 2.17. The van der Waals surface area contributed by atoms with Gasteiger partial charge < -0.3 is 9.42 Å². The van der Waals surface area contributed by atoms with E-state index in [2.05, 4.69) is 29.3 Å². The molecule has 1 fully saturated rings. The van der Waals surface area contributed by atoms with Crippen LogP contribution in [0.3, 0.4) is 0 Å². The molecule has 0 spiro atoms. The zero-order valence-corrected chi connectivity index (χ0v) is 12.1. The van der Waals surface area contributed by atoms with Gasteiger partial charge in [-0.05, 0) is 18.9 Å². The van der Waals surface area contributed by atoms with Gasteiger partial charge in [0.15, 0.2) is 0 Å². The molecule has 3 heterocycles. The van der Waals surface area contributed by atoms with Crippen molar-refractivity contribution in [3.63, 3.8) is 0 Å². The van der Waals surface area contributed by atoms with Crippen LogP contribution >= 0.6 is 0 Å². The molecule has 2 aromatic heterocycles. The van der Waals surface area contributed by atoms with Crippen LogP contribution in [-0.2, 0) is 16.6 Å². The van der Waals surface area contributed by atoms with Crippen LogP contribution in [0.15, 0.2) is 34.1 Å². The molecule has 1 aliphatic heterocycles. The maximum Gasteiger partial charge on any atom is 0.245 e. The quantitative estimate of drug-likeness (QED) is 0.860. The zero-order chi connectivity index (χ0) is 14.7. The molecule has 2 aromatic rings. The van der Waals surface area contributed by atoms with Crippen LogP contribution in [-0.4, -0.2) is 36.6 Å². The van der Waals surface area contributed by atoms with E-state index in [0.29, 0.717) is 5.82 Å². The number of hydrogen-bond donors (Lipinski definition) is 1. The maximum absolute atomic E-state index is 11.9. The third-order valence-electron chi connectivity index (χ3n) is 3.26. The molecule has 0 radical (unpaired) electrons. The molecule has 0 saturated carbocycles. The Morgan fingerprint density at radius 2 is 2.14 bits per heavy atom. The normalized spacial score (nSPS) is 15.5. The second kappa shape index (κ2) is 5.78. The Morgan fingerprint density at radius 1 is 1.33 bits per heavy atom. The Hall–Kier alpha value is -2.00. The summed E-state index contributed by atoms with van der Waals surface area (Å²) in [7, 11) is -3.65. The van der Waals surface area contributed by atoms with E-state index in [1.165, 1.54) is 0 Å². The van der Waals surface area contributed by atoms with E-state index in [9.17, 15) is 8.42 Å². The van der Waals surface area contributed by atoms with Gasteiger partial charge in [0.25, 0.3) is 0 Å². The summed E-state index contributed by atoms with van der Waals surface area (Å²) >= 11 is 0. The van der Waals surface area contributed by atoms with Crippen molar-refractivity contribution in [2.45, 2.75) is 24.3 Å². The summed E-state index contributed by atoms with van der Waals surface area (Å²) in [6.45, 7) is 1.97. The van der Waals surface area contributed by atoms with Crippen LogP contribution in [0.5, 0.6) is 0 Å². The number of nitrogens with zero attached hydrogens (tertiary/aromatic N) is 4. The first-order valence-electron chi connectivity index (χ1n) is 6.61. The zero-order valence-electron chi connectivity index (χ0n) is 11.3. The Bertz CT molecular complexity index is 695. The van der Waals surface area contributed by atoms with Gasteiger partial charge in [0, 0.05) is 19.3 Å². The minimum atomic E-state index is -3.65. The van der Waals surface area contributed by atoms with Crippen molar-refractivity contribution < 1.29 is 12.9 Å². The number of nitrogens with one attached hydrogen (secondary N) is 1. The number of sulfonamides is 1. The number of aromatic nitrogens is 3. The monoisotopic (exact) mass is 309 g/mol. The largest absolute Gasteiger partial charge is 0.363 e. The summed E-state index contributed by atoms with van der Waals surface area (Å²) in [5.74, 6) is 1.26. The van der Waals surface area contributed by atoms with Crippen LogP contribution in [0.25, 0.3) is 0 Å². The van der Waals surface area contributed by atoms with Crippen LogP contribution in [0.2, 0.25) is 0 Å². The third kappa shape index (κ3) is 3.19. The predicted molar refractivity (Wildman–Crippen MR) is 74.0 cm³/mol. The topological polar surface area (TPSA) is 101 Å². The van der Waals surface area contributed by atoms with E-state index in [1.807, 2.05) is 6.07 Å². The molecule has 8 nitrogen and oxygen atoms in total. The highest BCUT2D eigenvalue weighted by atomic mass is 32.2. The van der Waals surface area contributed by atoms with Gasteiger partial charge in [-0.1, -0.05) is 5.16 Å². The first kappa shape index (κ1) is 14.0. The summed E-state index contributed by atoms with van der Waals surface area (Å²) < 4.78 is 30.8. The van der Waals surface area contributed by atoms with Crippen LogP contribution in [0.4, 0.5) is 5.82 Å². The summed E-state index contributed by atoms with van der Waals surface area (Å²) in [6.07, 6.45) is 6.16. The van der Waals surface area contributed by atoms with Crippen molar-refractivity contribution in [1.82, 2.24) is 19.8 Å². The van der Waals surface area contributed by atoms with Gasteiger partial charge in [0.2, 0.25) is 10.0 Å². The minimum absolute atomic E-state index is 0.0156. The molecule has 0 bridgehead atoms. The average molecular weight is 309 g/mol. The van der Waals surface area contributed by atoms with Gasteiger partial charge in [-0.3, -0.25) is 0 Å². The van der Waals surface area contributed by atoms with Gasteiger partial charge in [-0.25, -0.2) is 23.1 Å². The van der Waals surface area contributed by atoms with E-state index in [1.54, 1.807) is 6.20 Å². The molecule has 0 atom stereocenters. The molecule has 0 unspecified atom stereocenters. The van der Waals surface area contributed by atoms with E-state index >= 15 is 0 Å². The van der Waals surface area contributed by atoms with Gasteiger partial charge in [-0.2, -0.15) is 0 Å². The standard InChI is InChI=1S/C12H15N5O3S/c18-21(19,10-7-14-20-9-10)15-8-11-13-4-3-12(16-11)17-5-1-2-6-17/h3-4,7,9,15H,1-2,5-6,8H2. The fourth-order valence-electron chi connectivity index (χ4n) is 2.17. The van der Waals surface area contributed by atoms with E-state index in [-0.39, 0.29) is 11.4 Å². The second-order valence-electron chi connectivity index (χ2n) is 4.71. The molecule has 21 heavy (non-hydrogen) atoms. The van der Waals surface area contributed by atoms with Crippen molar-refractivity contribution in [2.75, 3.05) is 18.0 Å². The molecule has 0 aromatic carbocycles. The van der Waals surface area contributed by atoms with E-state index in [0.717, 1.165) is 44.2 Å². The Morgan fingerprint density at radius 3 is 2.86 bits per heavy atom. The van der Waals surface area contributed by atoms with Gasteiger partial charge in [0.1, 0.15) is 22.8 Å². The lowest BCUT2D eigenvalue weighted by Gasteiger charge is -2.16. The maximum atomic E-state index is 11.9. The molecular weight excluding hydrogens is 294 g/mol. The first-order valence-corrected chi connectivity index (χ1v) is 8.09. The Balaban J connectivity index is 1.69. The molecule has 1 aliphatic rings. The Labute approximate surface area is 122 Å². The van der Waals surface area contributed by atoms with Crippen molar-refractivity contribution in [2.24, 2.45) is 0 Å². The van der Waals surface area contributed by atoms with Crippen molar-refractivity contribution in [1.29, 1.82) is 0 Å². The predicted octanol–water partition coefficient (Wildman–Crippen LogP) is 0.543. The summed E-state index contributed by atoms with van der Waals surface area (Å²) in [4.78, 5) is 10.6. The molecule has 1 saturated heterocycles. The highest BCUT2D eigenvalue weighted by molar-refractivity contribution is 7.89. The fourth-order valence-corrected chi connectivity index (χ4v) is 3.00. The SMILES string of the molecule is O=S(=O)(NCc1nccc(N2CCCC2)n1)c1cnoc1. The Kier molecular flexibility index (Phi) is 3.84. The lowest BCUT2D eigenvalue weighted by Crippen LogP contribution is -2.25. The molecular formula is C12H15N5O3S. The molecule has 0 aliphatic carbocycles. The third-order valence-corrected chi connectivity index (χ3v) is 4.61. The minimum Gasteiger partial charge on any atom is -0.363 e. The second-order valence-corrected chi connectivity index (χ2v) is 6.48. The average Bonchev–Trinajstić information content (AvgIpc) is 3.18. The fraction of sp³-hybridized carbons (Fsp3) is 0.417. The van der Waals surface area contributed by atoms with Crippen LogP contribution in [0, 0.1) is 0 Å². The van der Waals surface area contributed by atoms with E-state index < -0.39 is 10.0 Å². The molecule has 1 N–H and O–H groups in total. The summed E-state index contributed by atoms with van der Waals surface area (Å²) in [6, 6.07) is 1.84. The number of hydrogen-bond acceptors (Lipinski definition) is 7. The molecule has 9 heteroatoms. The van der Waals surface area contributed by atoms with Crippen molar-refractivity contribution in [3.8, 4) is 0 Å². The number of rotatable bonds is 5. The van der Waals surface area contributed by atoms with Crippen LogP contribution < -0.4 is 9.62 Å². The molecule has 0 amide bonds. The van der Waals surface area contributed by atoms with Crippen LogP contribution in [0.1, 0.15) is 18.7 Å². The van der Waals surface area contributed by atoms with E-state index in [4.69, 9.17) is 0 Å². The highest BCUT2D eigenvalue weighted by Gasteiger charge is 2.18. The van der Waals surface area contributed by atoms with Gasteiger partial charge in [-0.15, -0.1) is 0 Å². The van der Waals surface area contributed by atoms with Crippen molar-refractivity contribution >= 4 is 15.8 Å². The first-order chi connectivity index (χ1) is 10.1. The molecule has 3 rings (SSSR count). The molecule has 112 valence electrons. The van der Waals surface area contributed by atoms with Gasteiger partial charge >= 0.3 is 0 Å². The lowest BCUT2D eigenvalue weighted by atomic mass is 10.4. The number of anilines is 1. The van der Waals surface area contributed by atoms with Crippen molar-refractivity contribution in [3.05, 3.63) is 30.5 Å². The summed E-state index contributed by atoms with van der Waals surface area (Å²) in [5.41, 5.74) is 0. The smallest absolute Gasteiger partial charge is 0.245 e. The van der Waals surface area contributed by atoms with Gasteiger partial charge in [0.05, 0.1) is 12.7 Å².